The molecule has 1 aliphatic heterocycles. The highest BCUT2D eigenvalue weighted by molar-refractivity contribution is 6.20. The number of anilines is 1. The molecule has 1 aromatic carbocycles. The summed E-state index contributed by atoms with van der Waals surface area (Å²) in [6, 6.07) is 6.79. The average molecular weight is 262 g/mol. The number of unbranched alkanes of at least 4 members (excludes halogenated alkanes) is 1. The number of rotatable bonds is 5. The fraction of sp³-hybridized carbons (Fsp3) is 0.429. The van der Waals surface area contributed by atoms with Crippen molar-refractivity contribution in [3.8, 4) is 5.75 Å². The molecular formula is C14H18N2O3. The van der Waals surface area contributed by atoms with Crippen LogP contribution in [0, 0.1) is 0 Å². The van der Waals surface area contributed by atoms with Crippen molar-refractivity contribution in [1.82, 2.24) is 4.90 Å². The predicted octanol–water partition coefficient (Wildman–Crippen LogP) is 2.26. The van der Waals surface area contributed by atoms with Crippen molar-refractivity contribution in [2.45, 2.75) is 19.8 Å². The number of nitrogens with zero attached hydrogens (tertiary/aromatic N) is 2. The number of hydrogen-bond acceptors (Lipinski definition) is 3. The van der Waals surface area contributed by atoms with Crippen LogP contribution in [-0.4, -0.2) is 37.0 Å². The van der Waals surface area contributed by atoms with Gasteiger partial charge in [0.15, 0.2) is 0 Å². The van der Waals surface area contributed by atoms with Crippen LogP contribution in [0.4, 0.5) is 10.5 Å². The van der Waals surface area contributed by atoms with Gasteiger partial charge in [-0.25, -0.2) is 9.69 Å². The zero-order chi connectivity index (χ0) is 13.8. The molecule has 5 heteroatoms. The fourth-order valence-electron chi connectivity index (χ4n) is 2.13. The fourth-order valence-corrected chi connectivity index (χ4v) is 2.13. The number of carbonyl (C=O) groups is 2. The largest absolute Gasteiger partial charge is 0.495 e. The highest BCUT2D eigenvalue weighted by Crippen LogP contribution is 2.30. The standard InChI is InChI=1S/C14H18N2O3/c1-3-4-9-15-10-13(17)16(14(15)18)11-7-5-6-8-12(11)19-2/h5-8H,3-4,9-10H2,1-2H3. The molecule has 5 nitrogen and oxygen atoms in total. The summed E-state index contributed by atoms with van der Waals surface area (Å²) in [6.45, 7) is 2.82. The van der Waals surface area contributed by atoms with Crippen molar-refractivity contribution in [2.75, 3.05) is 25.1 Å². The lowest BCUT2D eigenvalue weighted by Gasteiger charge is -2.18. The van der Waals surface area contributed by atoms with Gasteiger partial charge in [0.05, 0.1) is 12.8 Å². The minimum atomic E-state index is -0.261. The van der Waals surface area contributed by atoms with E-state index in [9.17, 15) is 9.59 Å². The number of carbonyl (C=O) groups excluding carboxylic acids is 2. The van der Waals surface area contributed by atoms with Gasteiger partial charge in [0.1, 0.15) is 12.3 Å². The van der Waals surface area contributed by atoms with Gasteiger partial charge in [0.2, 0.25) is 0 Å². The first-order chi connectivity index (χ1) is 9.19. The van der Waals surface area contributed by atoms with Crippen LogP contribution < -0.4 is 9.64 Å². The van der Waals surface area contributed by atoms with Gasteiger partial charge >= 0.3 is 6.03 Å². The highest BCUT2D eigenvalue weighted by Gasteiger charge is 2.37. The molecule has 0 spiro atoms. The molecule has 0 saturated carbocycles. The van der Waals surface area contributed by atoms with E-state index >= 15 is 0 Å². The van der Waals surface area contributed by atoms with E-state index < -0.39 is 0 Å². The third-order valence-corrected chi connectivity index (χ3v) is 3.14. The molecular weight excluding hydrogens is 244 g/mol. The molecule has 0 N–H and O–H groups in total. The maximum atomic E-state index is 12.3. The Bertz CT molecular complexity index is 487. The average Bonchev–Trinajstić information content (AvgIpc) is 2.71. The molecule has 0 aromatic heterocycles. The molecule has 1 heterocycles. The van der Waals surface area contributed by atoms with Crippen molar-refractivity contribution in [3.63, 3.8) is 0 Å². The first-order valence-electron chi connectivity index (χ1n) is 6.44. The van der Waals surface area contributed by atoms with E-state index in [0.29, 0.717) is 18.0 Å². The number of ether oxygens (including phenoxy) is 1. The van der Waals surface area contributed by atoms with Crippen LogP contribution in [-0.2, 0) is 4.79 Å². The molecule has 3 amide bonds. The van der Waals surface area contributed by atoms with Gasteiger partial charge in [-0.15, -0.1) is 0 Å². The Morgan fingerprint density at radius 3 is 2.68 bits per heavy atom. The van der Waals surface area contributed by atoms with Crippen molar-refractivity contribution in [3.05, 3.63) is 24.3 Å². The van der Waals surface area contributed by atoms with Crippen LogP contribution in [0.3, 0.4) is 0 Å². The summed E-state index contributed by atoms with van der Waals surface area (Å²) >= 11 is 0. The number of para-hydroxylation sites is 2. The molecule has 0 aliphatic carbocycles. The Labute approximate surface area is 112 Å². The smallest absolute Gasteiger partial charge is 0.332 e. The summed E-state index contributed by atoms with van der Waals surface area (Å²) < 4.78 is 5.21. The lowest BCUT2D eigenvalue weighted by Crippen LogP contribution is -2.33. The number of methoxy groups -OCH3 is 1. The van der Waals surface area contributed by atoms with Crippen LogP contribution in [0.5, 0.6) is 5.75 Å². The third-order valence-electron chi connectivity index (χ3n) is 3.14. The SMILES string of the molecule is CCCCN1CC(=O)N(c2ccccc2OC)C1=O. The molecule has 1 fully saturated rings. The topological polar surface area (TPSA) is 49.9 Å². The molecule has 1 aromatic rings. The molecule has 102 valence electrons. The Kier molecular flexibility index (Phi) is 4.04. The normalized spacial score (nSPS) is 15.3. The summed E-state index contributed by atoms with van der Waals surface area (Å²) in [5, 5.41) is 0. The number of urea groups is 1. The second kappa shape index (κ2) is 5.73. The van der Waals surface area contributed by atoms with Gasteiger partial charge in [0, 0.05) is 6.54 Å². The van der Waals surface area contributed by atoms with Crippen LogP contribution >= 0.6 is 0 Å². The maximum Gasteiger partial charge on any atom is 0.332 e. The van der Waals surface area contributed by atoms with Gasteiger partial charge in [0.25, 0.3) is 5.91 Å². The first-order valence-corrected chi connectivity index (χ1v) is 6.44. The summed E-state index contributed by atoms with van der Waals surface area (Å²) in [4.78, 5) is 27.1. The zero-order valence-corrected chi connectivity index (χ0v) is 11.3. The van der Waals surface area contributed by atoms with Gasteiger partial charge in [-0.2, -0.15) is 0 Å². The monoisotopic (exact) mass is 262 g/mol. The summed E-state index contributed by atoms with van der Waals surface area (Å²) in [7, 11) is 1.53. The molecule has 1 saturated heterocycles. The van der Waals surface area contributed by atoms with Crippen LogP contribution in [0.25, 0.3) is 0 Å². The van der Waals surface area contributed by atoms with Crippen LogP contribution in [0.15, 0.2) is 24.3 Å². The molecule has 0 bridgehead atoms. The van der Waals surface area contributed by atoms with E-state index in [0.717, 1.165) is 12.8 Å². The van der Waals surface area contributed by atoms with E-state index in [2.05, 4.69) is 6.92 Å². The molecule has 0 atom stereocenters. The van der Waals surface area contributed by atoms with Crippen molar-refractivity contribution in [2.24, 2.45) is 0 Å². The Morgan fingerprint density at radius 1 is 1.26 bits per heavy atom. The molecule has 2 rings (SSSR count). The van der Waals surface area contributed by atoms with Gasteiger partial charge < -0.3 is 9.64 Å². The maximum absolute atomic E-state index is 12.3. The van der Waals surface area contributed by atoms with Crippen LogP contribution in [0.1, 0.15) is 19.8 Å². The van der Waals surface area contributed by atoms with Crippen molar-refractivity contribution >= 4 is 17.6 Å². The Hall–Kier alpha value is -2.04. The predicted molar refractivity (Wildman–Crippen MR) is 72.4 cm³/mol. The van der Waals surface area contributed by atoms with E-state index in [1.54, 1.807) is 23.1 Å². The molecule has 0 radical (unpaired) electrons. The molecule has 1 aliphatic rings. The van der Waals surface area contributed by atoms with E-state index in [4.69, 9.17) is 4.74 Å². The Balaban J connectivity index is 2.25. The van der Waals surface area contributed by atoms with E-state index in [1.807, 2.05) is 6.07 Å². The lowest BCUT2D eigenvalue weighted by molar-refractivity contribution is -0.116. The number of hydrogen-bond donors (Lipinski definition) is 0. The minimum absolute atomic E-state index is 0.150. The van der Waals surface area contributed by atoms with Crippen molar-refractivity contribution in [1.29, 1.82) is 0 Å². The number of amides is 3. The van der Waals surface area contributed by atoms with Gasteiger partial charge in [-0.1, -0.05) is 25.5 Å². The quantitative estimate of drug-likeness (QED) is 0.765. The summed E-state index contributed by atoms with van der Waals surface area (Å²) in [5.74, 6) is 0.326. The third kappa shape index (κ3) is 2.54. The zero-order valence-electron chi connectivity index (χ0n) is 11.3. The minimum Gasteiger partial charge on any atom is -0.495 e. The number of benzene rings is 1. The second-order valence-electron chi connectivity index (χ2n) is 4.46. The van der Waals surface area contributed by atoms with Crippen LogP contribution in [0.2, 0.25) is 0 Å². The van der Waals surface area contributed by atoms with Crippen molar-refractivity contribution < 1.29 is 14.3 Å². The van der Waals surface area contributed by atoms with Gasteiger partial charge in [-0.05, 0) is 18.6 Å². The van der Waals surface area contributed by atoms with E-state index in [1.165, 1.54) is 12.0 Å². The lowest BCUT2D eigenvalue weighted by atomic mass is 10.2. The van der Waals surface area contributed by atoms with E-state index in [-0.39, 0.29) is 18.5 Å². The van der Waals surface area contributed by atoms with Gasteiger partial charge in [-0.3, -0.25) is 4.79 Å². The highest BCUT2D eigenvalue weighted by atomic mass is 16.5. The Morgan fingerprint density at radius 2 is 2.00 bits per heavy atom. The molecule has 19 heavy (non-hydrogen) atoms. The summed E-state index contributed by atoms with van der Waals surface area (Å²) in [6.07, 6.45) is 1.89. The second-order valence-corrected chi connectivity index (χ2v) is 4.46. The summed E-state index contributed by atoms with van der Waals surface area (Å²) in [5.41, 5.74) is 0.513. The first kappa shape index (κ1) is 13.4. The number of imide groups is 1. The molecule has 0 unspecified atom stereocenters.